The van der Waals surface area contributed by atoms with Crippen LogP contribution in [-0.4, -0.2) is 27.2 Å². The van der Waals surface area contributed by atoms with Gasteiger partial charge < -0.3 is 20.2 Å². The van der Waals surface area contributed by atoms with Gasteiger partial charge in [-0.25, -0.2) is 0 Å². The summed E-state index contributed by atoms with van der Waals surface area (Å²) in [6, 6.07) is 12.5. The first-order chi connectivity index (χ1) is 15.9. The topological polar surface area (TPSA) is 117 Å². The third-order valence-electron chi connectivity index (χ3n) is 5.76. The number of carboxylic acid groups (broad SMARTS) is 1. The predicted octanol–water partition coefficient (Wildman–Crippen LogP) is 6.12. The Bertz CT molecular complexity index is 1150. The molecule has 1 aromatic heterocycles. The van der Waals surface area contributed by atoms with Gasteiger partial charge in [-0.15, -0.1) is 5.10 Å². The number of carbonyl (C=O) groups excluding carboxylic acids is 1. The second-order valence-corrected chi connectivity index (χ2v) is 8.75. The van der Waals surface area contributed by atoms with Crippen LogP contribution < -0.4 is 10.6 Å². The monoisotopic (exact) mass is 488 g/mol. The summed E-state index contributed by atoms with van der Waals surface area (Å²) < 4.78 is 5.38. The SMILES string of the molecule is O=C(O)CC1CCCCC1c1ccc(NC(=O)c2nnc(Nc3cccc(Cl)c3Cl)o2)cc1. The second kappa shape index (κ2) is 10.2. The van der Waals surface area contributed by atoms with E-state index in [9.17, 15) is 14.7 Å². The van der Waals surface area contributed by atoms with E-state index in [1.54, 1.807) is 30.3 Å². The molecule has 1 saturated carbocycles. The van der Waals surface area contributed by atoms with Crippen LogP contribution in [0.2, 0.25) is 10.0 Å². The van der Waals surface area contributed by atoms with E-state index in [2.05, 4.69) is 20.8 Å². The van der Waals surface area contributed by atoms with Crippen LogP contribution in [0.1, 0.15) is 54.3 Å². The number of rotatable bonds is 7. The maximum Gasteiger partial charge on any atom is 0.320 e. The summed E-state index contributed by atoms with van der Waals surface area (Å²) >= 11 is 12.1. The largest absolute Gasteiger partial charge is 0.481 e. The Balaban J connectivity index is 1.40. The van der Waals surface area contributed by atoms with Gasteiger partial charge in [0.15, 0.2) is 0 Å². The molecule has 2 atom stereocenters. The Morgan fingerprint density at radius 2 is 1.82 bits per heavy atom. The molecule has 3 aromatic rings. The number of halogens is 2. The Morgan fingerprint density at radius 3 is 2.58 bits per heavy atom. The fraction of sp³-hybridized carbons (Fsp3) is 0.304. The number of hydrogen-bond donors (Lipinski definition) is 3. The van der Waals surface area contributed by atoms with E-state index in [1.807, 2.05) is 12.1 Å². The minimum absolute atomic E-state index is 0.00133. The molecule has 1 amide bonds. The van der Waals surface area contributed by atoms with Crippen LogP contribution in [0.4, 0.5) is 17.4 Å². The third kappa shape index (κ3) is 5.64. The summed E-state index contributed by atoms with van der Waals surface area (Å²) in [6.07, 6.45) is 4.22. The standard InChI is InChI=1S/C23H22Cl2N4O4/c24-17-6-3-7-18(20(17)25)27-23-29-28-22(33-23)21(32)26-15-10-8-13(9-11-15)16-5-2-1-4-14(16)12-19(30)31/h3,6-11,14,16H,1-2,4-5,12H2,(H,26,32)(H,27,29)(H,30,31). The number of nitrogens with one attached hydrogen (secondary N) is 2. The molecule has 1 heterocycles. The lowest BCUT2D eigenvalue weighted by molar-refractivity contribution is -0.138. The summed E-state index contributed by atoms with van der Waals surface area (Å²) in [7, 11) is 0. The van der Waals surface area contributed by atoms with Crippen LogP contribution in [0.25, 0.3) is 0 Å². The zero-order chi connectivity index (χ0) is 23.4. The number of carbonyl (C=O) groups is 2. The van der Waals surface area contributed by atoms with Gasteiger partial charge >= 0.3 is 23.8 Å². The molecule has 0 bridgehead atoms. The van der Waals surface area contributed by atoms with Crippen molar-refractivity contribution in [1.29, 1.82) is 0 Å². The second-order valence-electron chi connectivity index (χ2n) is 7.96. The van der Waals surface area contributed by atoms with Crippen LogP contribution in [-0.2, 0) is 4.79 Å². The first-order valence-corrected chi connectivity index (χ1v) is 11.3. The molecule has 0 saturated heterocycles. The minimum Gasteiger partial charge on any atom is -0.481 e. The molecule has 172 valence electrons. The first kappa shape index (κ1) is 23.1. The van der Waals surface area contributed by atoms with Gasteiger partial charge in [-0.05, 0) is 54.5 Å². The minimum atomic E-state index is -0.762. The van der Waals surface area contributed by atoms with Crippen molar-refractivity contribution in [2.24, 2.45) is 5.92 Å². The lowest BCUT2D eigenvalue weighted by Gasteiger charge is -2.31. The highest BCUT2D eigenvalue weighted by Gasteiger charge is 2.28. The van der Waals surface area contributed by atoms with Gasteiger partial charge in [0.2, 0.25) is 0 Å². The molecule has 3 N–H and O–H groups in total. The molecule has 1 aliphatic rings. The van der Waals surface area contributed by atoms with Crippen LogP contribution in [0.3, 0.4) is 0 Å². The summed E-state index contributed by atoms with van der Waals surface area (Å²) in [4.78, 5) is 23.7. The van der Waals surface area contributed by atoms with E-state index in [0.717, 1.165) is 31.2 Å². The van der Waals surface area contributed by atoms with E-state index in [4.69, 9.17) is 27.6 Å². The highest BCUT2D eigenvalue weighted by Crippen LogP contribution is 2.40. The van der Waals surface area contributed by atoms with E-state index < -0.39 is 11.9 Å². The van der Waals surface area contributed by atoms with Gasteiger partial charge in [-0.3, -0.25) is 9.59 Å². The molecule has 1 aliphatic carbocycles. The summed E-state index contributed by atoms with van der Waals surface area (Å²) in [5, 5.41) is 23.0. The van der Waals surface area contributed by atoms with Crippen molar-refractivity contribution in [3.63, 3.8) is 0 Å². The number of benzene rings is 2. The zero-order valence-corrected chi connectivity index (χ0v) is 19.1. The van der Waals surface area contributed by atoms with Crippen molar-refractivity contribution >= 4 is 52.5 Å². The number of nitrogens with zero attached hydrogens (tertiary/aromatic N) is 2. The molecule has 2 aromatic carbocycles. The van der Waals surface area contributed by atoms with E-state index >= 15 is 0 Å². The number of hydrogen-bond acceptors (Lipinski definition) is 6. The van der Waals surface area contributed by atoms with E-state index in [-0.39, 0.29) is 30.2 Å². The van der Waals surface area contributed by atoms with Crippen molar-refractivity contribution in [3.8, 4) is 0 Å². The van der Waals surface area contributed by atoms with Crippen molar-refractivity contribution in [3.05, 3.63) is 64.0 Å². The Hall–Kier alpha value is -3.10. The average molecular weight is 489 g/mol. The van der Waals surface area contributed by atoms with Crippen molar-refractivity contribution in [2.45, 2.75) is 38.0 Å². The van der Waals surface area contributed by atoms with Crippen LogP contribution in [0.5, 0.6) is 0 Å². The number of anilines is 3. The maximum atomic E-state index is 12.5. The number of amides is 1. The van der Waals surface area contributed by atoms with Gasteiger partial charge in [0, 0.05) is 12.1 Å². The highest BCUT2D eigenvalue weighted by atomic mass is 35.5. The smallest absolute Gasteiger partial charge is 0.320 e. The van der Waals surface area contributed by atoms with Crippen LogP contribution in [0.15, 0.2) is 46.9 Å². The number of aliphatic carboxylic acids is 1. The molecular formula is C23H22Cl2N4O4. The fourth-order valence-corrected chi connectivity index (χ4v) is 4.54. The lowest BCUT2D eigenvalue weighted by Crippen LogP contribution is -2.21. The molecule has 8 nitrogen and oxygen atoms in total. The van der Waals surface area contributed by atoms with E-state index in [1.165, 1.54) is 0 Å². The molecule has 0 aliphatic heterocycles. The molecule has 0 spiro atoms. The van der Waals surface area contributed by atoms with Crippen molar-refractivity contribution in [2.75, 3.05) is 10.6 Å². The molecule has 0 radical (unpaired) electrons. The van der Waals surface area contributed by atoms with Gasteiger partial charge in [0.05, 0.1) is 15.7 Å². The van der Waals surface area contributed by atoms with Crippen molar-refractivity contribution < 1.29 is 19.1 Å². The number of aromatic nitrogens is 2. The summed E-state index contributed by atoms with van der Waals surface area (Å²) in [6.45, 7) is 0. The van der Waals surface area contributed by atoms with Crippen LogP contribution in [0, 0.1) is 5.92 Å². The molecule has 1 fully saturated rings. The number of carboxylic acids is 1. The highest BCUT2D eigenvalue weighted by molar-refractivity contribution is 6.43. The molecule has 2 unspecified atom stereocenters. The first-order valence-electron chi connectivity index (χ1n) is 10.6. The quantitative estimate of drug-likeness (QED) is 0.366. The zero-order valence-electron chi connectivity index (χ0n) is 17.6. The molecular weight excluding hydrogens is 467 g/mol. The normalized spacial score (nSPS) is 18.0. The molecule has 10 heteroatoms. The van der Waals surface area contributed by atoms with E-state index in [0.29, 0.717) is 21.4 Å². The average Bonchev–Trinajstić information content (AvgIpc) is 3.26. The molecule has 33 heavy (non-hydrogen) atoms. The van der Waals surface area contributed by atoms with Gasteiger partial charge in [-0.1, -0.05) is 59.3 Å². The summed E-state index contributed by atoms with van der Waals surface area (Å²) in [5.41, 5.74) is 2.13. The Kier molecular flexibility index (Phi) is 7.15. The predicted molar refractivity (Wildman–Crippen MR) is 125 cm³/mol. The molecule has 4 rings (SSSR count). The Morgan fingerprint density at radius 1 is 1.06 bits per heavy atom. The van der Waals surface area contributed by atoms with Gasteiger partial charge in [0.25, 0.3) is 0 Å². The Labute approximate surface area is 200 Å². The third-order valence-corrected chi connectivity index (χ3v) is 6.57. The summed E-state index contributed by atoms with van der Waals surface area (Å²) in [5.74, 6) is -1.19. The van der Waals surface area contributed by atoms with Crippen LogP contribution >= 0.6 is 23.2 Å². The fourth-order valence-electron chi connectivity index (χ4n) is 4.19. The van der Waals surface area contributed by atoms with Gasteiger partial charge in [0.1, 0.15) is 0 Å². The lowest BCUT2D eigenvalue weighted by atomic mass is 9.74. The van der Waals surface area contributed by atoms with Gasteiger partial charge in [-0.2, -0.15) is 0 Å². The maximum absolute atomic E-state index is 12.5. The van der Waals surface area contributed by atoms with Crippen molar-refractivity contribution in [1.82, 2.24) is 10.2 Å².